The number of halogens is 2. The van der Waals surface area contributed by atoms with E-state index in [0.717, 1.165) is 11.1 Å². The molecule has 0 fully saturated rings. The first-order valence-electron chi connectivity index (χ1n) is 8.35. The summed E-state index contributed by atoms with van der Waals surface area (Å²) in [5.74, 6) is 1.29. The summed E-state index contributed by atoms with van der Waals surface area (Å²) in [5.41, 5.74) is 3.43. The summed E-state index contributed by atoms with van der Waals surface area (Å²) >= 11 is 12.3. The third kappa shape index (κ3) is 2.97. The Labute approximate surface area is 165 Å². The zero-order valence-electron chi connectivity index (χ0n) is 14.8. The molecule has 5 nitrogen and oxygen atoms in total. The van der Waals surface area contributed by atoms with Crippen LogP contribution in [0.2, 0.25) is 10.0 Å². The van der Waals surface area contributed by atoms with Gasteiger partial charge in [0.1, 0.15) is 0 Å². The molecule has 0 atom stereocenters. The number of rotatable bonds is 3. The van der Waals surface area contributed by atoms with Crippen molar-refractivity contribution in [3.05, 3.63) is 67.7 Å². The maximum absolute atomic E-state index is 12.9. The van der Waals surface area contributed by atoms with Crippen molar-refractivity contribution in [2.45, 2.75) is 12.8 Å². The van der Waals surface area contributed by atoms with E-state index in [-0.39, 0.29) is 5.56 Å². The summed E-state index contributed by atoms with van der Waals surface area (Å²) in [4.78, 5) is 17.5. The Balaban J connectivity index is 1.92. The Hall–Kier alpha value is -2.50. The lowest BCUT2D eigenvalue weighted by atomic mass is 10.1. The van der Waals surface area contributed by atoms with Crippen molar-refractivity contribution in [2.24, 2.45) is 0 Å². The van der Waals surface area contributed by atoms with Crippen LogP contribution in [0.25, 0.3) is 17.3 Å². The van der Waals surface area contributed by atoms with E-state index >= 15 is 0 Å². The SMILES string of the molecule is COc1cccc(/C=C2\CCc3c2nc2c(Cl)cc(Cl)cn2c3=O)c1OC. The Morgan fingerprint density at radius 1 is 1.19 bits per heavy atom. The summed E-state index contributed by atoms with van der Waals surface area (Å²) in [6.45, 7) is 0. The highest BCUT2D eigenvalue weighted by molar-refractivity contribution is 6.36. The largest absolute Gasteiger partial charge is 0.493 e. The van der Waals surface area contributed by atoms with Crippen molar-refractivity contribution in [3.8, 4) is 11.5 Å². The molecule has 0 aliphatic heterocycles. The molecule has 2 aromatic heterocycles. The average molecular weight is 403 g/mol. The molecule has 0 amide bonds. The van der Waals surface area contributed by atoms with Crippen LogP contribution in [0, 0.1) is 0 Å². The highest BCUT2D eigenvalue weighted by Gasteiger charge is 2.24. The maximum atomic E-state index is 12.9. The van der Waals surface area contributed by atoms with Crippen molar-refractivity contribution in [1.82, 2.24) is 9.38 Å². The van der Waals surface area contributed by atoms with Crippen LogP contribution < -0.4 is 15.0 Å². The normalized spacial score (nSPS) is 14.6. The number of allylic oxidation sites excluding steroid dienone is 1. The number of nitrogens with zero attached hydrogens (tertiary/aromatic N) is 2. The first-order chi connectivity index (χ1) is 13.0. The maximum Gasteiger partial charge on any atom is 0.261 e. The van der Waals surface area contributed by atoms with E-state index in [1.807, 2.05) is 24.3 Å². The molecular weight excluding hydrogens is 387 g/mol. The zero-order chi connectivity index (χ0) is 19.1. The molecular formula is C20H16Cl2N2O3. The standard InChI is InChI=1S/C20H16Cl2N2O3/c1-26-16-5-3-4-12(18(16)27-2)8-11-6-7-14-17(11)23-19-15(22)9-13(21)10-24(19)20(14)25/h3-5,8-10H,6-7H2,1-2H3/b11-8+. The molecule has 1 aliphatic rings. The second-order valence-corrected chi connectivity index (χ2v) is 7.04. The molecule has 0 saturated carbocycles. The van der Waals surface area contributed by atoms with Crippen molar-refractivity contribution in [3.63, 3.8) is 0 Å². The minimum absolute atomic E-state index is 0.139. The highest BCUT2D eigenvalue weighted by Crippen LogP contribution is 2.37. The number of ether oxygens (including phenoxy) is 2. The van der Waals surface area contributed by atoms with Gasteiger partial charge in [-0.3, -0.25) is 9.20 Å². The van der Waals surface area contributed by atoms with E-state index in [2.05, 4.69) is 4.98 Å². The molecule has 0 unspecified atom stereocenters. The highest BCUT2D eigenvalue weighted by atomic mass is 35.5. The van der Waals surface area contributed by atoms with Crippen molar-refractivity contribution in [1.29, 1.82) is 0 Å². The van der Waals surface area contributed by atoms with Gasteiger partial charge in [-0.15, -0.1) is 0 Å². The number of aromatic nitrogens is 2. The van der Waals surface area contributed by atoms with Gasteiger partial charge in [-0.25, -0.2) is 4.98 Å². The van der Waals surface area contributed by atoms with Crippen LogP contribution in [0.1, 0.15) is 23.2 Å². The minimum Gasteiger partial charge on any atom is -0.493 e. The van der Waals surface area contributed by atoms with E-state index in [4.69, 9.17) is 32.7 Å². The molecule has 27 heavy (non-hydrogen) atoms. The van der Waals surface area contributed by atoms with Crippen LogP contribution in [-0.4, -0.2) is 23.6 Å². The summed E-state index contributed by atoms with van der Waals surface area (Å²) in [7, 11) is 3.20. The van der Waals surface area contributed by atoms with Crippen LogP contribution in [0.4, 0.5) is 0 Å². The van der Waals surface area contributed by atoms with Gasteiger partial charge in [0.15, 0.2) is 17.1 Å². The lowest BCUT2D eigenvalue weighted by Gasteiger charge is -2.11. The first kappa shape index (κ1) is 17.9. The van der Waals surface area contributed by atoms with Gasteiger partial charge in [-0.1, -0.05) is 35.3 Å². The number of methoxy groups -OCH3 is 2. The van der Waals surface area contributed by atoms with Crippen molar-refractivity contribution < 1.29 is 9.47 Å². The van der Waals surface area contributed by atoms with Gasteiger partial charge in [-0.05, 0) is 36.6 Å². The van der Waals surface area contributed by atoms with E-state index in [9.17, 15) is 4.79 Å². The quantitative estimate of drug-likeness (QED) is 0.646. The van der Waals surface area contributed by atoms with Crippen molar-refractivity contribution >= 4 is 40.5 Å². The van der Waals surface area contributed by atoms with Crippen LogP contribution in [-0.2, 0) is 6.42 Å². The van der Waals surface area contributed by atoms with E-state index in [1.54, 1.807) is 26.5 Å². The van der Waals surface area contributed by atoms with Crippen LogP contribution in [0.15, 0.2) is 35.3 Å². The molecule has 0 spiro atoms. The topological polar surface area (TPSA) is 52.8 Å². The number of hydrogen-bond donors (Lipinski definition) is 0. The molecule has 1 aromatic carbocycles. The third-order valence-corrected chi connectivity index (χ3v) is 5.14. The fraction of sp³-hybridized carbons (Fsp3) is 0.200. The zero-order valence-corrected chi connectivity index (χ0v) is 16.3. The third-order valence-electron chi connectivity index (χ3n) is 4.65. The number of para-hydroxylation sites is 1. The first-order valence-corrected chi connectivity index (χ1v) is 9.11. The van der Waals surface area contributed by atoms with Gasteiger partial charge >= 0.3 is 0 Å². The van der Waals surface area contributed by atoms with E-state index in [1.165, 1.54) is 4.40 Å². The lowest BCUT2D eigenvalue weighted by Crippen LogP contribution is -2.20. The summed E-state index contributed by atoms with van der Waals surface area (Å²) in [6, 6.07) is 7.25. The molecule has 0 N–H and O–H groups in total. The van der Waals surface area contributed by atoms with Gasteiger partial charge in [-0.2, -0.15) is 0 Å². The van der Waals surface area contributed by atoms with Crippen molar-refractivity contribution in [2.75, 3.05) is 14.2 Å². The molecule has 7 heteroatoms. The Kier molecular flexibility index (Phi) is 4.58. The number of hydrogen-bond acceptors (Lipinski definition) is 4. The van der Waals surface area contributed by atoms with Crippen LogP contribution in [0.3, 0.4) is 0 Å². The van der Waals surface area contributed by atoms with E-state index < -0.39 is 0 Å². The Morgan fingerprint density at radius 2 is 2.00 bits per heavy atom. The number of benzene rings is 1. The molecule has 0 radical (unpaired) electrons. The van der Waals surface area contributed by atoms with Gasteiger partial charge < -0.3 is 9.47 Å². The van der Waals surface area contributed by atoms with Gasteiger partial charge in [0, 0.05) is 17.3 Å². The predicted octanol–water partition coefficient (Wildman–Crippen LogP) is 4.51. The summed E-state index contributed by atoms with van der Waals surface area (Å²) < 4.78 is 12.3. The van der Waals surface area contributed by atoms with Crippen LogP contribution in [0.5, 0.6) is 11.5 Å². The molecule has 1 aliphatic carbocycles. The summed E-state index contributed by atoms with van der Waals surface area (Å²) in [5, 5.41) is 0.735. The molecule has 138 valence electrons. The molecule has 0 saturated heterocycles. The fourth-order valence-electron chi connectivity index (χ4n) is 3.43. The molecule has 3 aromatic rings. The average Bonchev–Trinajstić information content (AvgIpc) is 3.05. The number of fused-ring (bicyclic) bond motifs is 2. The minimum atomic E-state index is -0.139. The van der Waals surface area contributed by atoms with E-state index in [0.29, 0.717) is 51.3 Å². The van der Waals surface area contributed by atoms with Gasteiger partial charge in [0.25, 0.3) is 5.56 Å². The second-order valence-electron chi connectivity index (χ2n) is 6.20. The summed E-state index contributed by atoms with van der Waals surface area (Å²) in [6.07, 6.45) is 4.86. The lowest BCUT2D eigenvalue weighted by molar-refractivity contribution is 0.354. The Bertz CT molecular complexity index is 1150. The predicted molar refractivity (Wildman–Crippen MR) is 107 cm³/mol. The second kappa shape index (κ2) is 6.91. The fourth-order valence-corrected chi connectivity index (χ4v) is 3.94. The molecule has 0 bridgehead atoms. The Morgan fingerprint density at radius 3 is 2.74 bits per heavy atom. The van der Waals surface area contributed by atoms with Gasteiger partial charge in [0.05, 0.1) is 30.0 Å². The van der Waals surface area contributed by atoms with Crippen LogP contribution >= 0.6 is 23.2 Å². The number of pyridine rings is 1. The van der Waals surface area contributed by atoms with Gasteiger partial charge in [0.2, 0.25) is 0 Å². The smallest absolute Gasteiger partial charge is 0.261 e. The monoisotopic (exact) mass is 402 g/mol. The molecule has 4 rings (SSSR count). The molecule has 2 heterocycles.